The van der Waals surface area contributed by atoms with Crippen LogP contribution in [0, 0.1) is 0 Å². The first kappa shape index (κ1) is 16.7. The normalized spacial score (nSPS) is 10.2. The highest BCUT2D eigenvalue weighted by Crippen LogP contribution is 2.13. The van der Waals surface area contributed by atoms with Crippen LogP contribution in [-0.2, 0) is 0 Å². The van der Waals surface area contributed by atoms with Crippen molar-refractivity contribution in [3.8, 4) is 11.4 Å². The van der Waals surface area contributed by atoms with Crippen LogP contribution in [0.25, 0.3) is 22.0 Å². The van der Waals surface area contributed by atoms with Crippen molar-refractivity contribution in [1.82, 2.24) is 39.2 Å². The van der Waals surface area contributed by atoms with E-state index in [0.29, 0.717) is 0 Å². The van der Waals surface area contributed by atoms with Gasteiger partial charge in [0.1, 0.15) is 5.51 Å². The van der Waals surface area contributed by atoms with Gasteiger partial charge in [-0.25, -0.2) is 19.0 Å². The van der Waals surface area contributed by atoms with Crippen LogP contribution in [0.5, 0.6) is 0 Å². The number of nitrogens with zero attached hydrogens (tertiary/aromatic N) is 8. The Morgan fingerprint density at radius 1 is 0.630 bits per heavy atom. The molecule has 4 aromatic rings. The molecule has 6 rings (SSSR count). The fourth-order valence-corrected chi connectivity index (χ4v) is 2.82. The molecule has 8 nitrogen and oxygen atoms in total. The van der Waals surface area contributed by atoms with Crippen molar-refractivity contribution >= 4 is 21.9 Å². The van der Waals surface area contributed by atoms with Gasteiger partial charge in [-0.1, -0.05) is 17.4 Å². The summed E-state index contributed by atoms with van der Waals surface area (Å²) in [4.78, 5) is 17.2. The standard InChI is InChI=1S/C8H6N2.C6H5N3.C4H3N3S/c1-2-5-9-8-4-6-10-7(8)3-1;1-2-6-7-4-5-9(6)8-3-1;1-2-7-4(5-1)8-3-6-7/h1-6H;1-5H;1-3H. The van der Waals surface area contributed by atoms with Gasteiger partial charge in [0.05, 0.1) is 17.6 Å². The van der Waals surface area contributed by atoms with Crippen LogP contribution < -0.4 is 0 Å². The molecule has 0 N–H and O–H groups in total. The van der Waals surface area contributed by atoms with Gasteiger partial charge in [-0.2, -0.15) is 10.2 Å². The predicted molar refractivity (Wildman–Crippen MR) is 103 cm³/mol. The van der Waals surface area contributed by atoms with E-state index in [1.165, 1.54) is 11.3 Å². The van der Waals surface area contributed by atoms with Crippen molar-refractivity contribution in [2.24, 2.45) is 0 Å². The number of aromatic nitrogens is 8. The van der Waals surface area contributed by atoms with Gasteiger partial charge in [-0.15, -0.1) is 0 Å². The Labute approximate surface area is 158 Å². The summed E-state index contributed by atoms with van der Waals surface area (Å²) in [5, 5.41) is 7.95. The smallest absolute Gasteiger partial charge is 0.211 e. The number of hydrogen-bond acceptors (Lipinski definition) is 7. The molecule has 0 aromatic carbocycles. The first-order chi connectivity index (χ1) is 13.4. The van der Waals surface area contributed by atoms with E-state index in [0.717, 1.165) is 22.0 Å². The predicted octanol–water partition coefficient (Wildman–Crippen LogP) is 3.10. The minimum Gasteiger partial charge on any atom is -0.255 e. The molecule has 0 spiro atoms. The quantitative estimate of drug-likeness (QED) is 0.406. The van der Waals surface area contributed by atoms with Gasteiger partial charge in [-0.05, 0) is 30.3 Å². The van der Waals surface area contributed by atoms with Crippen LogP contribution >= 0.6 is 11.3 Å². The first-order valence-corrected chi connectivity index (χ1v) is 8.91. The van der Waals surface area contributed by atoms with Gasteiger partial charge in [0, 0.05) is 37.2 Å². The molecule has 0 atom stereocenters. The Hall–Kier alpha value is -3.72. The average molecular weight is 374 g/mol. The summed E-state index contributed by atoms with van der Waals surface area (Å²) < 4.78 is 3.46. The molecule has 27 heavy (non-hydrogen) atoms. The van der Waals surface area contributed by atoms with E-state index in [1.807, 2.05) is 48.8 Å². The summed E-state index contributed by atoms with van der Waals surface area (Å²) in [6, 6.07) is 11.4. The second-order valence-electron chi connectivity index (χ2n) is 5.19. The Bertz CT molecular complexity index is 1100. The summed E-state index contributed by atoms with van der Waals surface area (Å²) in [7, 11) is 0. The lowest BCUT2D eigenvalue weighted by Gasteiger charge is -1.85. The third-order valence-corrected chi connectivity index (χ3v) is 4.17. The van der Waals surface area contributed by atoms with E-state index in [1.54, 1.807) is 45.5 Å². The first-order valence-electron chi connectivity index (χ1n) is 8.03. The molecular formula is C18H14N8S. The highest BCUT2D eigenvalue weighted by Gasteiger charge is 1.98. The Balaban J connectivity index is 0.000000101. The molecule has 6 heterocycles. The van der Waals surface area contributed by atoms with Crippen LogP contribution in [0.2, 0.25) is 0 Å². The summed E-state index contributed by atoms with van der Waals surface area (Å²) in [6.45, 7) is 0. The number of hydrogen-bond donors (Lipinski definition) is 0. The highest BCUT2D eigenvalue weighted by atomic mass is 32.1. The molecule has 0 unspecified atom stereocenters. The SMILES string of the molecule is c1ccc2nccc-2nc1.c1cn2ncsc2n1.c1cnn2ccnc2c1. The number of fused-ring (bicyclic) bond motifs is 3. The molecule has 132 valence electrons. The minimum absolute atomic E-state index is 0.887. The molecule has 2 aliphatic rings. The molecule has 4 aromatic heterocycles. The van der Waals surface area contributed by atoms with E-state index >= 15 is 0 Å². The maximum Gasteiger partial charge on any atom is 0.211 e. The maximum absolute atomic E-state index is 4.14. The largest absolute Gasteiger partial charge is 0.255 e. The van der Waals surface area contributed by atoms with Crippen LogP contribution in [0.1, 0.15) is 0 Å². The molecule has 0 radical (unpaired) electrons. The fraction of sp³-hybridized carbons (Fsp3) is 0. The van der Waals surface area contributed by atoms with Crippen LogP contribution in [0.4, 0.5) is 0 Å². The van der Waals surface area contributed by atoms with Gasteiger partial charge in [0.15, 0.2) is 5.65 Å². The van der Waals surface area contributed by atoms with Crippen molar-refractivity contribution in [3.63, 3.8) is 0 Å². The Morgan fingerprint density at radius 2 is 1.48 bits per heavy atom. The minimum atomic E-state index is 0.887. The third kappa shape index (κ3) is 4.10. The molecule has 0 saturated carbocycles. The summed E-state index contributed by atoms with van der Waals surface area (Å²) in [5.41, 5.74) is 4.55. The van der Waals surface area contributed by atoms with Crippen molar-refractivity contribution < 1.29 is 0 Å². The lowest BCUT2D eigenvalue weighted by molar-refractivity contribution is 0.936. The van der Waals surface area contributed by atoms with Crippen LogP contribution in [0.15, 0.2) is 85.3 Å². The van der Waals surface area contributed by atoms with Gasteiger partial charge >= 0.3 is 0 Å². The Kier molecular flexibility index (Phi) is 5.02. The zero-order valence-electron chi connectivity index (χ0n) is 14.1. The van der Waals surface area contributed by atoms with E-state index in [-0.39, 0.29) is 0 Å². The Morgan fingerprint density at radius 3 is 2.41 bits per heavy atom. The van der Waals surface area contributed by atoms with Gasteiger partial charge in [0.2, 0.25) is 4.96 Å². The molecule has 0 fully saturated rings. The molecule has 9 heteroatoms. The summed E-state index contributed by atoms with van der Waals surface area (Å²) in [5.74, 6) is 0. The number of rotatable bonds is 0. The van der Waals surface area contributed by atoms with Crippen molar-refractivity contribution in [2.75, 3.05) is 0 Å². The number of imidazole rings is 2. The van der Waals surface area contributed by atoms with Crippen molar-refractivity contribution in [3.05, 3.63) is 85.3 Å². The molecule has 0 bridgehead atoms. The lowest BCUT2D eigenvalue weighted by atomic mass is 10.3. The van der Waals surface area contributed by atoms with Crippen molar-refractivity contribution in [2.45, 2.75) is 0 Å². The molecular weight excluding hydrogens is 360 g/mol. The summed E-state index contributed by atoms with van der Waals surface area (Å²) >= 11 is 1.53. The van der Waals surface area contributed by atoms with Gasteiger partial charge < -0.3 is 0 Å². The van der Waals surface area contributed by atoms with E-state index in [9.17, 15) is 0 Å². The monoisotopic (exact) mass is 374 g/mol. The van der Waals surface area contributed by atoms with E-state index in [2.05, 4.69) is 30.1 Å². The second-order valence-corrected chi connectivity index (χ2v) is 6.00. The molecule has 0 saturated heterocycles. The van der Waals surface area contributed by atoms with E-state index in [4.69, 9.17) is 0 Å². The summed E-state index contributed by atoms with van der Waals surface area (Å²) in [6.07, 6.45) is 12.4. The molecule has 0 amide bonds. The van der Waals surface area contributed by atoms with Crippen LogP contribution in [-0.4, -0.2) is 39.2 Å². The highest BCUT2D eigenvalue weighted by molar-refractivity contribution is 7.14. The zero-order chi connectivity index (χ0) is 18.3. The lowest BCUT2D eigenvalue weighted by Crippen LogP contribution is -1.85. The van der Waals surface area contributed by atoms with Gasteiger partial charge in [0.25, 0.3) is 0 Å². The molecule has 0 aliphatic carbocycles. The van der Waals surface area contributed by atoms with Crippen LogP contribution in [0.3, 0.4) is 0 Å². The maximum atomic E-state index is 4.14. The third-order valence-electron chi connectivity index (χ3n) is 3.46. The average Bonchev–Trinajstić information content (AvgIpc) is 3.46. The second kappa shape index (κ2) is 8.11. The topological polar surface area (TPSA) is 86.2 Å². The van der Waals surface area contributed by atoms with Gasteiger partial charge in [-0.3, -0.25) is 9.97 Å². The zero-order valence-corrected chi connectivity index (χ0v) is 14.9. The van der Waals surface area contributed by atoms with E-state index < -0.39 is 0 Å². The molecule has 2 aliphatic heterocycles. The van der Waals surface area contributed by atoms with Crippen molar-refractivity contribution in [1.29, 1.82) is 0 Å². The fourth-order valence-electron chi connectivity index (χ4n) is 2.24.